The van der Waals surface area contributed by atoms with Crippen molar-refractivity contribution >= 4 is 33.1 Å². The molecule has 0 fully saturated rings. The van der Waals surface area contributed by atoms with E-state index in [4.69, 9.17) is 11.6 Å². The molecule has 1 rings (SSSR count). The van der Waals surface area contributed by atoms with E-state index >= 15 is 0 Å². The molecule has 0 radical (unpaired) electrons. The van der Waals surface area contributed by atoms with Gasteiger partial charge in [-0.15, -0.1) is 0 Å². The lowest BCUT2D eigenvalue weighted by Crippen LogP contribution is -2.13. The van der Waals surface area contributed by atoms with Crippen LogP contribution in [0.15, 0.2) is 22.7 Å². The summed E-state index contributed by atoms with van der Waals surface area (Å²) in [4.78, 5) is 0. The minimum Gasteiger partial charge on any atom is -0.317 e. The van der Waals surface area contributed by atoms with E-state index in [2.05, 4.69) is 28.2 Å². The van der Waals surface area contributed by atoms with Gasteiger partial charge in [0.1, 0.15) is 5.82 Å². The van der Waals surface area contributed by atoms with E-state index in [9.17, 15) is 4.39 Å². The van der Waals surface area contributed by atoms with Gasteiger partial charge in [0.05, 0.1) is 5.02 Å². The molecule has 0 aliphatic rings. The Hall–Kier alpha value is -0.380. The van der Waals surface area contributed by atoms with Gasteiger partial charge in [0.25, 0.3) is 0 Å². The predicted molar refractivity (Wildman–Crippen MR) is 75.9 cm³/mol. The summed E-state index contributed by atoms with van der Waals surface area (Å²) < 4.78 is 14.5. The third kappa shape index (κ3) is 4.09. The van der Waals surface area contributed by atoms with Crippen LogP contribution in [0.5, 0.6) is 0 Å². The quantitative estimate of drug-likeness (QED) is 0.615. The van der Waals surface area contributed by atoms with Crippen LogP contribution in [-0.2, 0) is 0 Å². The zero-order valence-electron chi connectivity index (χ0n) is 9.99. The average molecular weight is 321 g/mol. The Morgan fingerprint density at radius 3 is 2.88 bits per heavy atom. The number of halogens is 3. The Bertz CT molecular complexity index is 418. The molecule has 1 nitrogen and oxygen atoms in total. The van der Waals surface area contributed by atoms with Gasteiger partial charge in [-0.25, -0.2) is 4.39 Å². The topological polar surface area (TPSA) is 12.0 Å². The van der Waals surface area contributed by atoms with Crippen LogP contribution in [0.4, 0.5) is 4.39 Å². The maximum Gasteiger partial charge on any atom is 0.150 e. The van der Waals surface area contributed by atoms with Gasteiger partial charge in [0.2, 0.25) is 0 Å². The van der Waals surface area contributed by atoms with Crippen LogP contribution >= 0.6 is 27.5 Å². The molecular formula is C13H16BrClFN. The fraction of sp³-hybridized carbons (Fsp3) is 0.385. The maximum atomic E-state index is 13.9. The normalized spacial score (nSPS) is 11.9. The Balaban J connectivity index is 2.82. The summed E-state index contributed by atoms with van der Waals surface area (Å²) in [6.45, 7) is 5.81. The Morgan fingerprint density at radius 2 is 2.24 bits per heavy atom. The first-order valence-electron chi connectivity index (χ1n) is 5.59. The van der Waals surface area contributed by atoms with Gasteiger partial charge in [-0.1, -0.05) is 30.7 Å². The van der Waals surface area contributed by atoms with E-state index in [-0.39, 0.29) is 10.8 Å². The Labute approximate surface area is 115 Å². The largest absolute Gasteiger partial charge is 0.317 e. The number of nitrogens with one attached hydrogen (secondary N) is 1. The highest BCUT2D eigenvalue weighted by Crippen LogP contribution is 2.30. The van der Waals surface area contributed by atoms with E-state index in [1.807, 2.05) is 13.0 Å². The van der Waals surface area contributed by atoms with Crippen molar-refractivity contribution in [2.45, 2.75) is 20.3 Å². The van der Waals surface area contributed by atoms with E-state index in [1.54, 1.807) is 12.1 Å². The summed E-state index contributed by atoms with van der Waals surface area (Å²) in [5.41, 5.74) is 1.48. The SMILES string of the molecule is CCNCC/C=C(/C)c1ccc(Br)c(Cl)c1F. The molecule has 0 aliphatic carbocycles. The lowest BCUT2D eigenvalue weighted by atomic mass is 10.1. The molecule has 0 bridgehead atoms. The second-order valence-corrected chi connectivity index (χ2v) is 4.98. The number of benzene rings is 1. The molecule has 94 valence electrons. The lowest BCUT2D eigenvalue weighted by Gasteiger charge is -2.07. The van der Waals surface area contributed by atoms with Gasteiger partial charge < -0.3 is 5.32 Å². The zero-order chi connectivity index (χ0) is 12.8. The van der Waals surface area contributed by atoms with Crippen LogP contribution < -0.4 is 5.32 Å². The van der Waals surface area contributed by atoms with Crippen LogP contribution in [0.2, 0.25) is 5.02 Å². The van der Waals surface area contributed by atoms with Crippen LogP contribution in [0.3, 0.4) is 0 Å². The molecule has 0 saturated heterocycles. The van der Waals surface area contributed by atoms with Crippen molar-refractivity contribution in [1.29, 1.82) is 0 Å². The maximum absolute atomic E-state index is 13.9. The highest BCUT2D eigenvalue weighted by Gasteiger charge is 2.10. The smallest absolute Gasteiger partial charge is 0.150 e. The molecule has 0 spiro atoms. The number of rotatable bonds is 5. The summed E-state index contributed by atoms with van der Waals surface area (Å²) >= 11 is 9.05. The average Bonchev–Trinajstić information content (AvgIpc) is 2.31. The first-order valence-corrected chi connectivity index (χ1v) is 6.76. The minimum absolute atomic E-state index is 0.141. The first kappa shape index (κ1) is 14.7. The summed E-state index contributed by atoms with van der Waals surface area (Å²) in [6, 6.07) is 3.51. The lowest BCUT2D eigenvalue weighted by molar-refractivity contribution is 0.623. The minimum atomic E-state index is -0.363. The van der Waals surface area contributed by atoms with Crippen molar-refractivity contribution in [1.82, 2.24) is 5.32 Å². The van der Waals surface area contributed by atoms with Gasteiger partial charge in [-0.05, 0) is 54.0 Å². The number of hydrogen-bond acceptors (Lipinski definition) is 1. The molecule has 0 heterocycles. The summed E-state index contributed by atoms with van der Waals surface area (Å²) in [5.74, 6) is -0.363. The van der Waals surface area contributed by atoms with Crippen LogP contribution in [0.25, 0.3) is 5.57 Å². The molecule has 4 heteroatoms. The Kier molecular flexibility index (Phi) is 6.17. The third-order valence-corrected chi connectivity index (χ3v) is 3.74. The van der Waals surface area contributed by atoms with Gasteiger partial charge >= 0.3 is 0 Å². The predicted octanol–water partition coefficient (Wildman–Crippen LogP) is 4.64. The molecule has 0 unspecified atom stereocenters. The van der Waals surface area contributed by atoms with E-state index in [1.165, 1.54) is 0 Å². The van der Waals surface area contributed by atoms with Crippen molar-refractivity contribution in [3.63, 3.8) is 0 Å². The number of allylic oxidation sites excluding steroid dienone is 1. The number of hydrogen-bond donors (Lipinski definition) is 1. The van der Waals surface area contributed by atoms with E-state index in [0.717, 1.165) is 25.1 Å². The van der Waals surface area contributed by atoms with Crippen molar-refractivity contribution in [2.75, 3.05) is 13.1 Å². The van der Waals surface area contributed by atoms with Crippen molar-refractivity contribution in [2.24, 2.45) is 0 Å². The first-order chi connectivity index (χ1) is 8.07. The standard InChI is InChI=1S/C13H16BrClFN/c1-3-17-8-4-5-9(2)10-6-7-11(14)12(15)13(10)16/h5-7,17H,3-4,8H2,1-2H3/b9-5-. The molecule has 0 saturated carbocycles. The summed E-state index contributed by atoms with van der Waals surface area (Å²) in [6.07, 6.45) is 2.90. The van der Waals surface area contributed by atoms with Crippen molar-refractivity contribution < 1.29 is 4.39 Å². The third-order valence-electron chi connectivity index (χ3n) is 2.48. The van der Waals surface area contributed by atoms with E-state index in [0.29, 0.717) is 10.0 Å². The molecule has 0 atom stereocenters. The van der Waals surface area contributed by atoms with E-state index < -0.39 is 0 Å². The molecule has 1 aromatic rings. The Morgan fingerprint density at radius 1 is 1.53 bits per heavy atom. The van der Waals surface area contributed by atoms with Gasteiger partial charge in [0.15, 0.2) is 0 Å². The fourth-order valence-corrected chi connectivity index (χ4v) is 1.98. The van der Waals surface area contributed by atoms with Crippen molar-refractivity contribution in [3.8, 4) is 0 Å². The van der Waals surface area contributed by atoms with Crippen LogP contribution in [-0.4, -0.2) is 13.1 Å². The summed E-state index contributed by atoms with van der Waals surface area (Å²) in [7, 11) is 0. The molecular weight excluding hydrogens is 305 g/mol. The van der Waals surface area contributed by atoms with Gasteiger partial charge in [0, 0.05) is 10.0 Å². The van der Waals surface area contributed by atoms with Crippen LogP contribution in [0, 0.1) is 5.82 Å². The zero-order valence-corrected chi connectivity index (χ0v) is 12.3. The highest BCUT2D eigenvalue weighted by molar-refractivity contribution is 9.10. The van der Waals surface area contributed by atoms with Crippen LogP contribution in [0.1, 0.15) is 25.8 Å². The molecule has 1 aromatic carbocycles. The fourth-order valence-electron chi connectivity index (χ4n) is 1.51. The molecule has 0 aromatic heterocycles. The second kappa shape index (κ2) is 7.14. The molecule has 1 N–H and O–H groups in total. The molecule has 17 heavy (non-hydrogen) atoms. The van der Waals surface area contributed by atoms with Crippen molar-refractivity contribution in [3.05, 3.63) is 39.1 Å². The van der Waals surface area contributed by atoms with Gasteiger partial charge in [-0.3, -0.25) is 0 Å². The molecule has 0 amide bonds. The highest BCUT2D eigenvalue weighted by atomic mass is 79.9. The molecule has 0 aliphatic heterocycles. The monoisotopic (exact) mass is 319 g/mol. The summed E-state index contributed by atoms with van der Waals surface area (Å²) in [5, 5.41) is 3.36. The van der Waals surface area contributed by atoms with Gasteiger partial charge in [-0.2, -0.15) is 0 Å². The second-order valence-electron chi connectivity index (χ2n) is 3.75.